The topological polar surface area (TPSA) is 89.0 Å². The van der Waals surface area contributed by atoms with Crippen molar-refractivity contribution in [3.63, 3.8) is 0 Å². The van der Waals surface area contributed by atoms with E-state index in [0.717, 1.165) is 18.4 Å². The summed E-state index contributed by atoms with van der Waals surface area (Å²) in [7, 11) is 0. The predicted molar refractivity (Wildman–Crippen MR) is 137 cm³/mol. The molecular formula is C29H30N2O5. The van der Waals surface area contributed by atoms with Gasteiger partial charge in [-0.2, -0.15) is 0 Å². The Morgan fingerprint density at radius 3 is 2.42 bits per heavy atom. The van der Waals surface area contributed by atoms with E-state index in [4.69, 9.17) is 9.47 Å². The van der Waals surface area contributed by atoms with Crippen LogP contribution in [0.1, 0.15) is 49.4 Å². The molecular weight excluding hydrogens is 456 g/mol. The monoisotopic (exact) mass is 486 g/mol. The van der Waals surface area contributed by atoms with Crippen LogP contribution in [0.2, 0.25) is 0 Å². The number of nitrogens with zero attached hydrogens (tertiary/aromatic N) is 2. The minimum Gasteiger partial charge on any atom is -0.507 e. The molecule has 4 rings (SSSR count). The number of Topliss-reactive ketones (excluding diaryl/α,β-unsaturated/α-hetero) is 1. The molecule has 0 saturated carbocycles. The highest BCUT2D eigenvalue weighted by Gasteiger charge is 2.46. The summed E-state index contributed by atoms with van der Waals surface area (Å²) in [6, 6.07) is 17.3. The van der Waals surface area contributed by atoms with Gasteiger partial charge in [0.2, 0.25) is 0 Å². The van der Waals surface area contributed by atoms with Crippen molar-refractivity contribution in [2.75, 3.05) is 13.2 Å². The second kappa shape index (κ2) is 11.5. The zero-order valence-corrected chi connectivity index (χ0v) is 20.5. The molecule has 1 fully saturated rings. The molecule has 186 valence electrons. The van der Waals surface area contributed by atoms with Crippen molar-refractivity contribution < 1.29 is 24.2 Å². The number of aliphatic hydroxyl groups excluding tert-OH is 1. The maximum atomic E-state index is 13.3. The highest BCUT2D eigenvalue weighted by atomic mass is 16.5. The van der Waals surface area contributed by atoms with Crippen molar-refractivity contribution >= 4 is 17.4 Å². The first-order valence-corrected chi connectivity index (χ1v) is 12.2. The van der Waals surface area contributed by atoms with Gasteiger partial charge in [-0.25, -0.2) is 0 Å². The van der Waals surface area contributed by atoms with Crippen LogP contribution < -0.4 is 9.47 Å². The number of carbonyl (C=O) groups is 2. The Morgan fingerprint density at radius 1 is 0.972 bits per heavy atom. The molecule has 0 radical (unpaired) electrons. The lowest BCUT2D eigenvalue weighted by Crippen LogP contribution is -2.29. The zero-order chi connectivity index (χ0) is 25.5. The number of amides is 1. The van der Waals surface area contributed by atoms with E-state index in [-0.39, 0.29) is 17.9 Å². The van der Waals surface area contributed by atoms with Gasteiger partial charge in [0, 0.05) is 24.5 Å². The molecule has 1 aromatic heterocycles. The Balaban J connectivity index is 1.83. The number of unbranched alkanes of at least 4 members (excludes halogenated alkanes) is 1. The zero-order valence-electron chi connectivity index (χ0n) is 20.5. The van der Waals surface area contributed by atoms with Crippen LogP contribution in [-0.2, 0) is 16.1 Å². The van der Waals surface area contributed by atoms with Crippen molar-refractivity contribution in [3.8, 4) is 11.5 Å². The molecule has 3 aromatic rings. The molecule has 0 aliphatic carbocycles. The van der Waals surface area contributed by atoms with Crippen LogP contribution in [-0.4, -0.2) is 39.9 Å². The minimum atomic E-state index is -0.803. The van der Waals surface area contributed by atoms with Gasteiger partial charge in [-0.05, 0) is 48.7 Å². The Bertz CT molecular complexity index is 1240. The van der Waals surface area contributed by atoms with Crippen LogP contribution in [0, 0.1) is 0 Å². The number of rotatable bonds is 10. The molecule has 2 heterocycles. The third kappa shape index (κ3) is 5.25. The molecule has 36 heavy (non-hydrogen) atoms. The van der Waals surface area contributed by atoms with E-state index in [9.17, 15) is 14.7 Å². The predicted octanol–water partition coefficient (Wildman–Crippen LogP) is 5.28. The number of aromatic nitrogens is 1. The smallest absolute Gasteiger partial charge is 0.295 e. The lowest BCUT2D eigenvalue weighted by molar-refractivity contribution is -0.140. The lowest BCUT2D eigenvalue weighted by Gasteiger charge is -2.26. The summed E-state index contributed by atoms with van der Waals surface area (Å²) in [4.78, 5) is 32.0. The first-order chi connectivity index (χ1) is 17.5. The summed E-state index contributed by atoms with van der Waals surface area (Å²) in [5.74, 6) is -0.506. The number of hydrogen-bond donors (Lipinski definition) is 1. The van der Waals surface area contributed by atoms with E-state index in [1.165, 1.54) is 17.3 Å². The Morgan fingerprint density at radius 2 is 1.72 bits per heavy atom. The molecule has 1 aliphatic heterocycles. The average Bonchev–Trinajstić information content (AvgIpc) is 3.15. The van der Waals surface area contributed by atoms with E-state index < -0.39 is 17.7 Å². The van der Waals surface area contributed by atoms with Gasteiger partial charge in [0.15, 0.2) is 11.5 Å². The van der Waals surface area contributed by atoms with E-state index >= 15 is 0 Å². The molecule has 1 N–H and O–H groups in total. The van der Waals surface area contributed by atoms with Crippen molar-refractivity contribution in [2.24, 2.45) is 0 Å². The van der Waals surface area contributed by atoms with Gasteiger partial charge in [0.1, 0.15) is 5.76 Å². The number of likely N-dealkylation sites (tertiary alicyclic amines) is 1. The number of carbonyl (C=O) groups excluding carboxylic acids is 2. The van der Waals surface area contributed by atoms with Gasteiger partial charge in [-0.3, -0.25) is 14.6 Å². The molecule has 1 aliphatic rings. The molecule has 7 nitrogen and oxygen atoms in total. The van der Waals surface area contributed by atoms with Gasteiger partial charge >= 0.3 is 0 Å². The second-order valence-electron chi connectivity index (χ2n) is 8.49. The highest BCUT2D eigenvalue weighted by molar-refractivity contribution is 6.46. The molecule has 0 bridgehead atoms. The number of ether oxygens (including phenoxy) is 2. The largest absolute Gasteiger partial charge is 0.507 e. The SMILES string of the molecule is CCCCOc1ccc(C2C(=C(O)c3ccncc3)C(=O)C(=O)N2Cc2ccccc2)cc1OCC. The maximum absolute atomic E-state index is 13.3. The molecule has 1 atom stereocenters. The summed E-state index contributed by atoms with van der Waals surface area (Å²) >= 11 is 0. The van der Waals surface area contributed by atoms with Crippen molar-refractivity contribution in [2.45, 2.75) is 39.3 Å². The number of hydrogen-bond acceptors (Lipinski definition) is 6. The third-order valence-corrected chi connectivity index (χ3v) is 6.03. The van der Waals surface area contributed by atoms with Crippen molar-refractivity contribution in [3.05, 3.63) is 95.3 Å². The normalized spacial score (nSPS) is 16.8. The molecule has 7 heteroatoms. The Kier molecular flexibility index (Phi) is 8.00. The second-order valence-corrected chi connectivity index (χ2v) is 8.49. The number of pyridine rings is 1. The van der Waals surface area contributed by atoms with Crippen LogP contribution >= 0.6 is 0 Å². The number of ketones is 1. The fourth-order valence-corrected chi connectivity index (χ4v) is 4.24. The van der Waals surface area contributed by atoms with Crippen LogP contribution in [0.25, 0.3) is 5.76 Å². The summed E-state index contributed by atoms with van der Waals surface area (Å²) in [5, 5.41) is 11.2. The van der Waals surface area contributed by atoms with Gasteiger partial charge < -0.3 is 19.5 Å². The Hall–Kier alpha value is -4.13. The van der Waals surface area contributed by atoms with E-state index in [2.05, 4.69) is 11.9 Å². The number of benzene rings is 2. The standard InChI is InChI=1S/C29H30N2O5/c1-3-5-17-36-23-12-11-22(18-24(23)35-4-2)26-25(27(32)21-13-15-30-16-14-21)28(33)29(34)31(26)19-20-9-7-6-8-10-20/h6-16,18,26,32H,3-5,17,19H2,1-2H3. The first kappa shape index (κ1) is 25.0. The van der Waals surface area contributed by atoms with Crippen molar-refractivity contribution in [1.29, 1.82) is 0 Å². The fourth-order valence-electron chi connectivity index (χ4n) is 4.24. The fraction of sp³-hybridized carbons (Fsp3) is 0.276. The summed E-state index contributed by atoms with van der Waals surface area (Å²) < 4.78 is 11.8. The molecule has 1 saturated heterocycles. The van der Waals surface area contributed by atoms with Gasteiger partial charge in [-0.15, -0.1) is 0 Å². The molecule has 2 aromatic carbocycles. The van der Waals surface area contributed by atoms with Gasteiger partial charge in [0.05, 0.1) is 24.8 Å². The van der Waals surface area contributed by atoms with E-state index in [1.807, 2.05) is 43.3 Å². The van der Waals surface area contributed by atoms with E-state index in [1.54, 1.807) is 24.3 Å². The van der Waals surface area contributed by atoms with E-state index in [0.29, 0.717) is 35.8 Å². The quantitative estimate of drug-likeness (QED) is 0.182. The average molecular weight is 487 g/mol. The van der Waals surface area contributed by atoms with Crippen LogP contribution in [0.5, 0.6) is 11.5 Å². The Labute approximate surface area is 211 Å². The van der Waals surface area contributed by atoms with Crippen LogP contribution in [0.4, 0.5) is 0 Å². The first-order valence-electron chi connectivity index (χ1n) is 12.2. The van der Waals surface area contributed by atoms with Crippen LogP contribution in [0.3, 0.4) is 0 Å². The summed E-state index contributed by atoms with van der Waals surface area (Å²) in [6.45, 7) is 5.17. The number of aliphatic hydroxyl groups is 1. The summed E-state index contributed by atoms with van der Waals surface area (Å²) in [6.07, 6.45) is 4.97. The molecule has 1 amide bonds. The lowest BCUT2D eigenvalue weighted by atomic mass is 9.95. The molecule has 0 spiro atoms. The maximum Gasteiger partial charge on any atom is 0.295 e. The van der Waals surface area contributed by atoms with Gasteiger partial charge in [0.25, 0.3) is 11.7 Å². The van der Waals surface area contributed by atoms with Crippen LogP contribution in [0.15, 0.2) is 78.6 Å². The van der Waals surface area contributed by atoms with Crippen molar-refractivity contribution in [1.82, 2.24) is 9.88 Å². The highest BCUT2D eigenvalue weighted by Crippen LogP contribution is 2.42. The summed E-state index contributed by atoms with van der Waals surface area (Å²) in [5.41, 5.74) is 1.96. The molecule has 1 unspecified atom stereocenters. The minimum absolute atomic E-state index is 0.0317. The third-order valence-electron chi connectivity index (χ3n) is 6.03. The van der Waals surface area contributed by atoms with Gasteiger partial charge in [-0.1, -0.05) is 49.7 Å².